The molecule has 0 N–H and O–H groups in total. The predicted molar refractivity (Wildman–Crippen MR) is 120 cm³/mol. The third-order valence-electron chi connectivity index (χ3n) is 5.77. The molecule has 1 aromatic carbocycles. The molecule has 0 unspecified atom stereocenters. The molecular weight excluding hydrogens is 398 g/mol. The Morgan fingerprint density at radius 1 is 1.23 bits per heavy atom. The number of rotatable bonds is 6. The Balaban J connectivity index is 1.91. The second-order valence-electron chi connectivity index (χ2n) is 7.87. The van der Waals surface area contributed by atoms with Crippen molar-refractivity contribution in [3.63, 3.8) is 0 Å². The Morgan fingerprint density at radius 3 is 2.53 bits per heavy atom. The summed E-state index contributed by atoms with van der Waals surface area (Å²) in [5.74, 6) is 0.765. The molecule has 1 aromatic heterocycles. The highest BCUT2D eigenvalue weighted by atomic mass is 32.1. The van der Waals surface area contributed by atoms with E-state index in [9.17, 15) is 9.59 Å². The van der Waals surface area contributed by atoms with Crippen LogP contribution in [0.15, 0.2) is 35.7 Å². The molecule has 0 saturated heterocycles. The molecular formula is C23H31N3O3S. The molecule has 2 atom stereocenters. The molecule has 1 aliphatic rings. The van der Waals surface area contributed by atoms with E-state index in [-0.39, 0.29) is 30.6 Å². The van der Waals surface area contributed by atoms with Crippen molar-refractivity contribution in [2.45, 2.75) is 38.8 Å². The van der Waals surface area contributed by atoms with Crippen LogP contribution >= 0.6 is 11.3 Å². The van der Waals surface area contributed by atoms with E-state index in [0.717, 1.165) is 24.2 Å². The lowest BCUT2D eigenvalue weighted by molar-refractivity contribution is -0.134. The van der Waals surface area contributed by atoms with E-state index >= 15 is 0 Å². The van der Waals surface area contributed by atoms with Crippen molar-refractivity contribution in [3.8, 4) is 5.75 Å². The highest BCUT2D eigenvalue weighted by Crippen LogP contribution is 2.38. The van der Waals surface area contributed by atoms with Crippen LogP contribution in [0, 0.1) is 0 Å². The molecule has 3 amide bonds. The second-order valence-corrected chi connectivity index (χ2v) is 8.87. The molecule has 30 heavy (non-hydrogen) atoms. The van der Waals surface area contributed by atoms with Gasteiger partial charge in [0.2, 0.25) is 5.91 Å². The molecule has 0 spiro atoms. The van der Waals surface area contributed by atoms with Crippen LogP contribution in [-0.2, 0) is 11.2 Å². The van der Waals surface area contributed by atoms with Crippen molar-refractivity contribution in [3.05, 3.63) is 51.7 Å². The molecule has 0 saturated carbocycles. The molecule has 3 rings (SSSR count). The van der Waals surface area contributed by atoms with Crippen LogP contribution in [0.1, 0.15) is 42.3 Å². The fourth-order valence-corrected chi connectivity index (χ4v) is 4.76. The van der Waals surface area contributed by atoms with E-state index in [2.05, 4.69) is 11.4 Å². The SMILES string of the molecule is CC[C@@H](C)N(CC(=O)N1CCc2sccc2[C@@H]1c1ccc(OC)cc1)C(=O)N(C)C. The normalized spacial score (nSPS) is 16.6. The maximum atomic E-state index is 13.5. The number of thiophene rings is 1. The van der Waals surface area contributed by atoms with E-state index < -0.39 is 0 Å². The van der Waals surface area contributed by atoms with Crippen LogP contribution in [0.5, 0.6) is 5.75 Å². The monoisotopic (exact) mass is 429 g/mol. The fourth-order valence-electron chi connectivity index (χ4n) is 3.86. The molecule has 0 aliphatic carbocycles. The van der Waals surface area contributed by atoms with Gasteiger partial charge >= 0.3 is 6.03 Å². The number of nitrogens with zero attached hydrogens (tertiary/aromatic N) is 3. The van der Waals surface area contributed by atoms with Crippen LogP contribution in [0.25, 0.3) is 0 Å². The summed E-state index contributed by atoms with van der Waals surface area (Å²) in [4.78, 5) is 32.7. The number of carbonyl (C=O) groups excluding carboxylic acids is 2. The molecule has 7 heteroatoms. The first-order chi connectivity index (χ1) is 14.4. The summed E-state index contributed by atoms with van der Waals surface area (Å²) in [5, 5.41) is 2.09. The number of carbonyl (C=O) groups is 2. The number of hydrogen-bond donors (Lipinski definition) is 0. The fraction of sp³-hybridized carbons (Fsp3) is 0.478. The first kappa shape index (κ1) is 22.2. The maximum absolute atomic E-state index is 13.5. The zero-order valence-electron chi connectivity index (χ0n) is 18.4. The van der Waals surface area contributed by atoms with Crippen LogP contribution in [0.3, 0.4) is 0 Å². The molecule has 0 fully saturated rings. The van der Waals surface area contributed by atoms with E-state index in [0.29, 0.717) is 6.54 Å². The smallest absolute Gasteiger partial charge is 0.320 e. The van der Waals surface area contributed by atoms with Gasteiger partial charge in [-0.2, -0.15) is 0 Å². The number of methoxy groups -OCH3 is 1. The largest absolute Gasteiger partial charge is 0.497 e. The summed E-state index contributed by atoms with van der Waals surface area (Å²) in [7, 11) is 5.09. The molecule has 2 aromatic rings. The van der Waals surface area contributed by atoms with Crippen LogP contribution < -0.4 is 4.74 Å². The minimum absolute atomic E-state index is 0.00946. The number of hydrogen-bond acceptors (Lipinski definition) is 4. The van der Waals surface area contributed by atoms with Gasteiger partial charge < -0.3 is 19.4 Å². The summed E-state index contributed by atoms with van der Waals surface area (Å²) < 4.78 is 5.30. The highest BCUT2D eigenvalue weighted by Gasteiger charge is 2.34. The lowest BCUT2D eigenvalue weighted by Gasteiger charge is -2.39. The summed E-state index contributed by atoms with van der Waals surface area (Å²) in [6, 6.07) is 9.73. The van der Waals surface area contributed by atoms with Gasteiger partial charge in [-0.1, -0.05) is 19.1 Å². The van der Waals surface area contributed by atoms with Crippen molar-refractivity contribution in [2.75, 3.05) is 34.3 Å². The number of ether oxygens (including phenoxy) is 1. The summed E-state index contributed by atoms with van der Waals surface area (Å²) in [6.07, 6.45) is 1.64. The molecule has 0 bridgehead atoms. The predicted octanol–water partition coefficient (Wildman–Crippen LogP) is 4.01. The van der Waals surface area contributed by atoms with Gasteiger partial charge in [0, 0.05) is 31.6 Å². The zero-order valence-corrected chi connectivity index (χ0v) is 19.2. The minimum Gasteiger partial charge on any atom is -0.497 e. The number of benzene rings is 1. The minimum atomic E-state index is -0.147. The van der Waals surface area contributed by atoms with Crippen molar-refractivity contribution in [1.29, 1.82) is 0 Å². The highest BCUT2D eigenvalue weighted by molar-refractivity contribution is 7.10. The van der Waals surface area contributed by atoms with Gasteiger partial charge in [-0.05, 0) is 54.5 Å². The van der Waals surface area contributed by atoms with Gasteiger partial charge in [0.05, 0.1) is 13.2 Å². The lowest BCUT2D eigenvalue weighted by Crippen LogP contribution is -2.51. The summed E-state index contributed by atoms with van der Waals surface area (Å²) in [6.45, 7) is 4.75. The molecule has 0 radical (unpaired) electrons. The summed E-state index contributed by atoms with van der Waals surface area (Å²) >= 11 is 1.74. The van der Waals surface area contributed by atoms with Gasteiger partial charge in [0.25, 0.3) is 0 Å². The van der Waals surface area contributed by atoms with E-state index in [1.807, 2.05) is 43.0 Å². The standard InChI is InChI=1S/C23H31N3O3S/c1-6-16(2)26(23(28)24(3)4)15-21(27)25-13-11-20-19(12-14-30-20)22(25)17-7-9-18(29-5)10-8-17/h7-10,12,14,16,22H,6,11,13,15H2,1-5H3/t16-,22+/m1/s1. The third kappa shape index (κ3) is 4.46. The van der Waals surface area contributed by atoms with Gasteiger partial charge in [-0.25, -0.2) is 4.79 Å². The van der Waals surface area contributed by atoms with Crippen molar-refractivity contribution >= 4 is 23.3 Å². The third-order valence-corrected chi connectivity index (χ3v) is 6.77. The number of urea groups is 1. The first-order valence-electron chi connectivity index (χ1n) is 10.3. The van der Waals surface area contributed by atoms with Crippen molar-refractivity contribution < 1.29 is 14.3 Å². The van der Waals surface area contributed by atoms with Gasteiger partial charge in [-0.3, -0.25) is 4.79 Å². The summed E-state index contributed by atoms with van der Waals surface area (Å²) in [5.41, 5.74) is 2.23. The van der Waals surface area contributed by atoms with E-state index in [4.69, 9.17) is 4.74 Å². The number of fused-ring (bicyclic) bond motifs is 1. The lowest BCUT2D eigenvalue weighted by atomic mass is 9.93. The van der Waals surface area contributed by atoms with Crippen LogP contribution in [0.4, 0.5) is 4.79 Å². The van der Waals surface area contributed by atoms with Crippen molar-refractivity contribution in [2.24, 2.45) is 0 Å². The second kappa shape index (κ2) is 9.51. The zero-order chi connectivity index (χ0) is 21.8. The van der Waals surface area contributed by atoms with E-state index in [1.54, 1.807) is 37.4 Å². The molecule has 162 valence electrons. The number of amides is 3. The van der Waals surface area contributed by atoms with Crippen LogP contribution in [-0.4, -0.2) is 67.0 Å². The van der Waals surface area contributed by atoms with Crippen LogP contribution in [0.2, 0.25) is 0 Å². The molecule has 2 heterocycles. The first-order valence-corrected chi connectivity index (χ1v) is 11.2. The van der Waals surface area contributed by atoms with Gasteiger partial charge in [0.1, 0.15) is 12.3 Å². The Bertz CT molecular complexity index is 878. The Hall–Kier alpha value is -2.54. The quantitative estimate of drug-likeness (QED) is 0.697. The maximum Gasteiger partial charge on any atom is 0.320 e. The van der Waals surface area contributed by atoms with Gasteiger partial charge in [0.15, 0.2) is 0 Å². The van der Waals surface area contributed by atoms with E-state index in [1.165, 1.54) is 15.3 Å². The Morgan fingerprint density at radius 2 is 1.93 bits per heavy atom. The Labute approximate surface area is 183 Å². The average molecular weight is 430 g/mol. The van der Waals surface area contributed by atoms with Crippen molar-refractivity contribution in [1.82, 2.24) is 14.7 Å². The topological polar surface area (TPSA) is 53.1 Å². The molecule has 6 nitrogen and oxygen atoms in total. The average Bonchev–Trinajstić information content (AvgIpc) is 3.24. The molecule has 1 aliphatic heterocycles. The van der Waals surface area contributed by atoms with Gasteiger partial charge in [-0.15, -0.1) is 11.3 Å². The Kier molecular flexibility index (Phi) is 7.02.